The van der Waals surface area contributed by atoms with E-state index in [0.717, 1.165) is 29.9 Å². The number of ether oxygens (including phenoxy) is 1. The van der Waals surface area contributed by atoms with E-state index in [1.165, 1.54) is 12.1 Å². The van der Waals surface area contributed by atoms with Gasteiger partial charge in [0.2, 0.25) is 0 Å². The number of halogens is 1. The van der Waals surface area contributed by atoms with Gasteiger partial charge in [0.25, 0.3) is 0 Å². The summed E-state index contributed by atoms with van der Waals surface area (Å²) in [4.78, 5) is 2.43. The Kier molecular flexibility index (Phi) is 5.11. The van der Waals surface area contributed by atoms with Gasteiger partial charge in [0.05, 0.1) is 12.8 Å². The molecule has 1 aliphatic heterocycles. The number of piperidine rings is 1. The lowest BCUT2D eigenvalue weighted by Gasteiger charge is -2.39. The predicted octanol–water partition coefficient (Wildman–Crippen LogP) is 3.28. The van der Waals surface area contributed by atoms with Crippen LogP contribution in [-0.2, 0) is 0 Å². The molecule has 0 aromatic heterocycles. The zero-order valence-corrected chi connectivity index (χ0v) is 13.5. The summed E-state index contributed by atoms with van der Waals surface area (Å²) in [5, 5.41) is 3.58. The average molecular weight is 327 g/mol. The first-order valence-corrected chi connectivity index (χ1v) is 7.76. The molecule has 1 fully saturated rings. The van der Waals surface area contributed by atoms with E-state index in [1.807, 2.05) is 12.1 Å². The van der Waals surface area contributed by atoms with E-state index < -0.39 is 0 Å². The van der Waals surface area contributed by atoms with Crippen LogP contribution in [0.15, 0.2) is 22.7 Å². The minimum atomic E-state index is 0.638. The van der Waals surface area contributed by atoms with E-state index in [0.29, 0.717) is 12.0 Å². The van der Waals surface area contributed by atoms with Gasteiger partial charge in [-0.1, -0.05) is 29.8 Å². The molecule has 4 heteroatoms. The first kappa shape index (κ1) is 14.7. The Morgan fingerprint density at radius 3 is 2.89 bits per heavy atom. The van der Waals surface area contributed by atoms with Crippen molar-refractivity contribution in [3.8, 4) is 5.75 Å². The quantitative estimate of drug-likeness (QED) is 0.918. The third-order valence-corrected chi connectivity index (χ3v) is 4.35. The van der Waals surface area contributed by atoms with Crippen LogP contribution in [0.4, 0.5) is 5.69 Å². The summed E-state index contributed by atoms with van der Waals surface area (Å²) in [5.74, 6) is 1.61. The summed E-state index contributed by atoms with van der Waals surface area (Å²) in [7, 11) is 1.74. The smallest absolute Gasteiger partial charge is 0.142 e. The van der Waals surface area contributed by atoms with Crippen LogP contribution in [0.2, 0.25) is 0 Å². The molecule has 0 radical (unpaired) electrons. The molecule has 0 bridgehead atoms. The molecule has 2 unspecified atom stereocenters. The van der Waals surface area contributed by atoms with E-state index in [-0.39, 0.29) is 0 Å². The number of nitrogens with one attached hydrogen (secondary N) is 1. The SMILES string of the molecule is CCNC1CCN(c2cc(Br)ccc2OC)CC1C. The molecule has 1 saturated heterocycles. The van der Waals surface area contributed by atoms with Crippen molar-refractivity contribution in [1.29, 1.82) is 0 Å². The molecule has 1 N–H and O–H groups in total. The second-order valence-corrected chi connectivity index (χ2v) is 6.11. The molecule has 1 heterocycles. The van der Waals surface area contributed by atoms with Crippen LogP contribution in [0, 0.1) is 5.92 Å². The lowest BCUT2D eigenvalue weighted by molar-refractivity contribution is 0.324. The fourth-order valence-electron chi connectivity index (χ4n) is 2.84. The Labute approximate surface area is 124 Å². The number of nitrogens with zero attached hydrogens (tertiary/aromatic N) is 1. The molecule has 106 valence electrons. The molecule has 19 heavy (non-hydrogen) atoms. The summed E-state index contributed by atoms with van der Waals surface area (Å²) in [6.07, 6.45) is 1.19. The third-order valence-electron chi connectivity index (χ3n) is 3.85. The largest absolute Gasteiger partial charge is 0.495 e. The van der Waals surface area contributed by atoms with Gasteiger partial charge in [0.15, 0.2) is 0 Å². The first-order chi connectivity index (χ1) is 9.15. The highest BCUT2D eigenvalue weighted by molar-refractivity contribution is 9.10. The Morgan fingerprint density at radius 2 is 2.26 bits per heavy atom. The van der Waals surface area contributed by atoms with Crippen molar-refractivity contribution in [2.75, 3.05) is 31.6 Å². The van der Waals surface area contributed by atoms with Gasteiger partial charge in [0, 0.05) is 23.6 Å². The normalized spacial score (nSPS) is 23.5. The van der Waals surface area contributed by atoms with Gasteiger partial charge >= 0.3 is 0 Å². The van der Waals surface area contributed by atoms with Gasteiger partial charge in [-0.05, 0) is 37.1 Å². The maximum absolute atomic E-state index is 5.49. The molecule has 0 saturated carbocycles. The van der Waals surface area contributed by atoms with E-state index in [9.17, 15) is 0 Å². The van der Waals surface area contributed by atoms with Crippen LogP contribution in [-0.4, -0.2) is 32.8 Å². The summed E-state index contributed by atoms with van der Waals surface area (Å²) >= 11 is 3.55. The lowest BCUT2D eigenvalue weighted by atomic mass is 9.93. The Balaban J connectivity index is 2.13. The van der Waals surface area contributed by atoms with Crippen LogP contribution in [0.5, 0.6) is 5.75 Å². The van der Waals surface area contributed by atoms with Crippen LogP contribution in [0.1, 0.15) is 20.3 Å². The van der Waals surface area contributed by atoms with Gasteiger partial charge in [-0.2, -0.15) is 0 Å². The summed E-state index contributed by atoms with van der Waals surface area (Å²) in [5.41, 5.74) is 1.19. The van der Waals surface area contributed by atoms with Gasteiger partial charge in [0.1, 0.15) is 5.75 Å². The number of anilines is 1. The second kappa shape index (κ2) is 6.62. The Morgan fingerprint density at radius 1 is 1.47 bits per heavy atom. The Hall–Kier alpha value is -0.740. The van der Waals surface area contributed by atoms with E-state index in [1.54, 1.807) is 7.11 Å². The lowest BCUT2D eigenvalue weighted by Crippen LogP contribution is -2.48. The van der Waals surface area contributed by atoms with E-state index in [2.05, 4.69) is 46.1 Å². The van der Waals surface area contributed by atoms with Crippen molar-refractivity contribution in [2.45, 2.75) is 26.3 Å². The molecule has 2 rings (SSSR count). The van der Waals surface area contributed by atoms with Gasteiger partial charge in [-0.3, -0.25) is 0 Å². The maximum atomic E-state index is 5.49. The van der Waals surface area contributed by atoms with E-state index in [4.69, 9.17) is 4.74 Å². The molecular formula is C15H23BrN2O. The highest BCUT2D eigenvalue weighted by atomic mass is 79.9. The molecule has 1 aromatic carbocycles. The minimum absolute atomic E-state index is 0.638. The number of rotatable bonds is 4. The number of hydrogen-bond acceptors (Lipinski definition) is 3. The molecule has 3 nitrogen and oxygen atoms in total. The fourth-order valence-corrected chi connectivity index (χ4v) is 3.19. The average Bonchev–Trinajstić information content (AvgIpc) is 2.41. The second-order valence-electron chi connectivity index (χ2n) is 5.19. The predicted molar refractivity (Wildman–Crippen MR) is 84.2 cm³/mol. The highest BCUT2D eigenvalue weighted by Crippen LogP contribution is 2.34. The monoisotopic (exact) mass is 326 g/mol. The van der Waals surface area contributed by atoms with Crippen LogP contribution >= 0.6 is 15.9 Å². The summed E-state index contributed by atoms with van der Waals surface area (Å²) in [6, 6.07) is 6.84. The maximum Gasteiger partial charge on any atom is 0.142 e. The minimum Gasteiger partial charge on any atom is -0.495 e. The van der Waals surface area contributed by atoms with Crippen LogP contribution < -0.4 is 15.0 Å². The molecule has 2 atom stereocenters. The van der Waals surface area contributed by atoms with Crippen molar-refractivity contribution >= 4 is 21.6 Å². The van der Waals surface area contributed by atoms with Crippen LogP contribution in [0.3, 0.4) is 0 Å². The van der Waals surface area contributed by atoms with Gasteiger partial charge in [-0.25, -0.2) is 0 Å². The van der Waals surface area contributed by atoms with Crippen molar-refractivity contribution in [1.82, 2.24) is 5.32 Å². The summed E-state index contributed by atoms with van der Waals surface area (Å²) in [6.45, 7) is 7.70. The molecule has 1 aromatic rings. The van der Waals surface area contributed by atoms with Crippen LogP contribution in [0.25, 0.3) is 0 Å². The molecule has 0 aliphatic carbocycles. The van der Waals surface area contributed by atoms with Crippen molar-refractivity contribution < 1.29 is 4.74 Å². The summed E-state index contributed by atoms with van der Waals surface area (Å²) < 4.78 is 6.59. The number of methoxy groups -OCH3 is 1. The van der Waals surface area contributed by atoms with Crippen molar-refractivity contribution in [3.63, 3.8) is 0 Å². The zero-order valence-electron chi connectivity index (χ0n) is 11.9. The highest BCUT2D eigenvalue weighted by Gasteiger charge is 2.26. The molecule has 1 aliphatic rings. The topological polar surface area (TPSA) is 24.5 Å². The van der Waals surface area contributed by atoms with Gasteiger partial charge in [-0.15, -0.1) is 0 Å². The van der Waals surface area contributed by atoms with Gasteiger partial charge < -0.3 is 15.0 Å². The third kappa shape index (κ3) is 3.42. The molecule has 0 spiro atoms. The zero-order chi connectivity index (χ0) is 13.8. The first-order valence-electron chi connectivity index (χ1n) is 6.97. The number of hydrogen-bond donors (Lipinski definition) is 1. The van der Waals surface area contributed by atoms with Crippen molar-refractivity contribution in [3.05, 3.63) is 22.7 Å². The Bertz CT molecular complexity index is 425. The molecular weight excluding hydrogens is 304 g/mol. The standard InChI is InChI=1S/C15H23BrN2O/c1-4-17-13-7-8-18(10-11(13)2)14-9-12(16)5-6-15(14)19-3/h5-6,9,11,13,17H,4,7-8,10H2,1-3H3. The fraction of sp³-hybridized carbons (Fsp3) is 0.600. The molecule has 0 amide bonds. The van der Waals surface area contributed by atoms with Crippen molar-refractivity contribution in [2.24, 2.45) is 5.92 Å². The number of benzene rings is 1. The van der Waals surface area contributed by atoms with E-state index >= 15 is 0 Å².